The van der Waals surface area contributed by atoms with Crippen molar-refractivity contribution in [2.24, 2.45) is 5.10 Å². The number of carbonyl (C=O) groups is 1. The number of nitrogens with one attached hydrogen (secondary N) is 1. The van der Waals surface area contributed by atoms with E-state index in [2.05, 4.69) is 10.5 Å². The molecule has 0 unspecified atom stereocenters. The maximum atomic E-state index is 12.9. The highest BCUT2D eigenvalue weighted by atomic mass is 19.1. The summed E-state index contributed by atoms with van der Waals surface area (Å²) in [5.74, 6) is -0.255. The summed E-state index contributed by atoms with van der Waals surface area (Å²) < 4.78 is 23.8. The SMILES string of the molecule is COc1cc(/C=N\NC(=O)c2ccc(F)cc2)ccc1Oc1ccccc1[N+](=O)[O-]. The third kappa shape index (κ3) is 4.96. The average molecular weight is 409 g/mol. The molecule has 0 fully saturated rings. The van der Waals surface area contributed by atoms with Gasteiger partial charge < -0.3 is 9.47 Å². The zero-order valence-corrected chi connectivity index (χ0v) is 15.7. The van der Waals surface area contributed by atoms with Gasteiger partial charge in [-0.1, -0.05) is 12.1 Å². The predicted molar refractivity (Wildman–Crippen MR) is 108 cm³/mol. The van der Waals surface area contributed by atoms with Crippen LogP contribution in [0.4, 0.5) is 10.1 Å². The number of amides is 1. The number of hydrazone groups is 1. The Bertz CT molecular complexity index is 1100. The van der Waals surface area contributed by atoms with Crippen molar-refractivity contribution in [2.75, 3.05) is 7.11 Å². The molecule has 0 bridgehead atoms. The summed E-state index contributed by atoms with van der Waals surface area (Å²) in [7, 11) is 1.43. The van der Waals surface area contributed by atoms with Gasteiger partial charge in [-0.2, -0.15) is 5.10 Å². The molecule has 152 valence electrons. The Labute approximate surface area is 170 Å². The lowest BCUT2D eigenvalue weighted by Gasteiger charge is -2.11. The van der Waals surface area contributed by atoms with E-state index in [1.807, 2.05) is 0 Å². The molecule has 0 atom stereocenters. The molecule has 0 aliphatic carbocycles. The molecular formula is C21H16FN3O5. The van der Waals surface area contributed by atoms with Crippen LogP contribution in [0, 0.1) is 15.9 Å². The maximum absolute atomic E-state index is 12.9. The van der Waals surface area contributed by atoms with Gasteiger partial charge in [0.25, 0.3) is 5.91 Å². The van der Waals surface area contributed by atoms with Crippen molar-refractivity contribution in [3.8, 4) is 17.2 Å². The van der Waals surface area contributed by atoms with E-state index in [1.54, 1.807) is 30.3 Å². The van der Waals surface area contributed by atoms with E-state index in [-0.39, 0.29) is 22.7 Å². The zero-order valence-electron chi connectivity index (χ0n) is 15.7. The topological polar surface area (TPSA) is 103 Å². The largest absolute Gasteiger partial charge is 0.493 e. The lowest BCUT2D eigenvalue weighted by Crippen LogP contribution is -2.17. The lowest BCUT2D eigenvalue weighted by molar-refractivity contribution is -0.385. The van der Waals surface area contributed by atoms with Crippen LogP contribution in [0.3, 0.4) is 0 Å². The molecular weight excluding hydrogens is 393 g/mol. The van der Waals surface area contributed by atoms with Gasteiger partial charge in [0.1, 0.15) is 5.82 Å². The van der Waals surface area contributed by atoms with Gasteiger partial charge in [0, 0.05) is 11.6 Å². The van der Waals surface area contributed by atoms with E-state index in [9.17, 15) is 19.3 Å². The van der Waals surface area contributed by atoms with Crippen LogP contribution in [-0.2, 0) is 0 Å². The molecule has 1 N–H and O–H groups in total. The van der Waals surface area contributed by atoms with Crippen LogP contribution in [-0.4, -0.2) is 24.2 Å². The van der Waals surface area contributed by atoms with Crippen molar-refractivity contribution in [3.63, 3.8) is 0 Å². The van der Waals surface area contributed by atoms with Gasteiger partial charge in [0.15, 0.2) is 11.5 Å². The first-order valence-corrected chi connectivity index (χ1v) is 8.66. The Morgan fingerprint density at radius 2 is 1.80 bits per heavy atom. The summed E-state index contributed by atoms with van der Waals surface area (Å²) in [5, 5.41) is 15.0. The van der Waals surface area contributed by atoms with Crippen molar-refractivity contribution in [1.29, 1.82) is 0 Å². The summed E-state index contributed by atoms with van der Waals surface area (Å²) in [6.45, 7) is 0. The summed E-state index contributed by atoms with van der Waals surface area (Å²) >= 11 is 0. The number of nitrogens with zero attached hydrogens (tertiary/aromatic N) is 2. The van der Waals surface area contributed by atoms with Crippen LogP contribution in [0.2, 0.25) is 0 Å². The highest BCUT2D eigenvalue weighted by Crippen LogP contribution is 2.36. The van der Waals surface area contributed by atoms with Gasteiger partial charge in [0.05, 0.1) is 18.2 Å². The maximum Gasteiger partial charge on any atom is 0.311 e. The number of hydrogen-bond acceptors (Lipinski definition) is 6. The number of rotatable bonds is 7. The van der Waals surface area contributed by atoms with Crippen molar-refractivity contribution in [3.05, 3.63) is 93.8 Å². The quantitative estimate of drug-likeness (QED) is 0.356. The number of ether oxygens (including phenoxy) is 2. The van der Waals surface area contributed by atoms with Crippen molar-refractivity contribution in [2.45, 2.75) is 0 Å². The average Bonchev–Trinajstić information content (AvgIpc) is 2.75. The molecule has 0 aromatic heterocycles. The van der Waals surface area contributed by atoms with Crippen molar-refractivity contribution >= 4 is 17.8 Å². The number of nitro groups is 1. The highest BCUT2D eigenvalue weighted by Gasteiger charge is 2.16. The third-order valence-corrected chi connectivity index (χ3v) is 3.96. The van der Waals surface area contributed by atoms with Crippen LogP contribution in [0.15, 0.2) is 71.8 Å². The van der Waals surface area contributed by atoms with E-state index in [0.717, 1.165) is 0 Å². The molecule has 3 aromatic carbocycles. The molecule has 8 nitrogen and oxygen atoms in total. The first-order valence-electron chi connectivity index (χ1n) is 8.66. The molecule has 0 aliphatic rings. The standard InChI is InChI=1S/C21H16FN3O5/c1-29-20-12-14(13-23-24-21(26)15-7-9-16(22)10-8-15)6-11-19(20)30-18-5-3-2-4-17(18)25(27)28/h2-13H,1H3,(H,24,26)/b23-13-. The predicted octanol–water partition coefficient (Wildman–Crippen LogP) is 4.30. The molecule has 0 spiro atoms. The van der Waals surface area contributed by atoms with Gasteiger partial charge in [-0.3, -0.25) is 14.9 Å². The monoisotopic (exact) mass is 409 g/mol. The number of hydrogen-bond donors (Lipinski definition) is 1. The number of halogens is 1. The summed E-state index contributed by atoms with van der Waals surface area (Å²) in [6.07, 6.45) is 1.39. The Balaban J connectivity index is 1.72. The second-order valence-electron chi connectivity index (χ2n) is 5.94. The Morgan fingerprint density at radius 3 is 2.50 bits per heavy atom. The summed E-state index contributed by atoms with van der Waals surface area (Å²) in [4.78, 5) is 22.6. The Kier molecular flexibility index (Phi) is 6.33. The minimum atomic E-state index is -0.535. The minimum absolute atomic E-state index is 0.0776. The van der Waals surface area contributed by atoms with Crippen molar-refractivity contribution in [1.82, 2.24) is 5.43 Å². The molecule has 0 heterocycles. The van der Waals surface area contributed by atoms with E-state index in [4.69, 9.17) is 9.47 Å². The fourth-order valence-corrected chi connectivity index (χ4v) is 2.49. The molecule has 1 amide bonds. The Hall–Kier alpha value is -4.27. The Morgan fingerprint density at radius 1 is 1.07 bits per heavy atom. The molecule has 3 rings (SSSR count). The van der Waals surface area contributed by atoms with Crippen LogP contribution in [0.1, 0.15) is 15.9 Å². The molecule has 0 saturated heterocycles. The van der Waals surface area contributed by atoms with Gasteiger partial charge in [-0.25, -0.2) is 9.82 Å². The summed E-state index contributed by atoms with van der Waals surface area (Å²) in [6, 6.07) is 15.8. The van der Waals surface area contributed by atoms with E-state index in [1.165, 1.54) is 49.7 Å². The van der Waals surface area contributed by atoms with Gasteiger partial charge >= 0.3 is 5.69 Å². The minimum Gasteiger partial charge on any atom is -0.493 e. The third-order valence-electron chi connectivity index (χ3n) is 3.96. The van der Waals surface area contributed by atoms with Crippen molar-refractivity contribution < 1.29 is 23.6 Å². The highest BCUT2D eigenvalue weighted by molar-refractivity contribution is 5.94. The normalized spacial score (nSPS) is 10.6. The molecule has 0 radical (unpaired) electrons. The second kappa shape index (κ2) is 9.28. The van der Waals surface area contributed by atoms with Crippen LogP contribution < -0.4 is 14.9 Å². The molecule has 0 aliphatic heterocycles. The van der Waals surface area contributed by atoms with E-state index >= 15 is 0 Å². The van der Waals surface area contributed by atoms with Crippen LogP contribution in [0.25, 0.3) is 0 Å². The van der Waals surface area contributed by atoms with Gasteiger partial charge in [-0.05, 0) is 54.1 Å². The zero-order chi connectivity index (χ0) is 21.5. The fourth-order valence-electron chi connectivity index (χ4n) is 2.49. The number of para-hydroxylation sites is 2. The molecule has 30 heavy (non-hydrogen) atoms. The van der Waals surface area contributed by atoms with Crippen LogP contribution in [0.5, 0.6) is 17.2 Å². The first kappa shape index (κ1) is 20.5. The smallest absolute Gasteiger partial charge is 0.311 e. The van der Waals surface area contributed by atoms with E-state index in [0.29, 0.717) is 11.3 Å². The molecule has 9 heteroatoms. The number of carbonyl (C=O) groups excluding carboxylic acids is 1. The molecule has 0 saturated carbocycles. The second-order valence-corrected chi connectivity index (χ2v) is 5.94. The van der Waals surface area contributed by atoms with Gasteiger partial charge in [-0.15, -0.1) is 0 Å². The lowest BCUT2D eigenvalue weighted by atomic mass is 10.2. The first-order chi connectivity index (χ1) is 14.5. The molecule has 3 aromatic rings. The number of benzene rings is 3. The number of methoxy groups -OCH3 is 1. The van der Waals surface area contributed by atoms with E-state index < -0.39 is 16.6 Å². The number of nitro benzene ring substituents is 1. The van der Waals surface area contributed by atoms with Gasteiger partial charge in [0.2, 0.25) is 5.75 Å². The van der Waals surface area contributed by atoms with Crippen LogP contribution >= 0.6 is 0 Å². The summed E-state index contributed by atoms with van der Waals surface area (Å²) in [5.41, 5.74) is 3.01. The fraction of sp³-hybridized carbons (Fsp3) is 0.0476.